The Kier molecular flexibility index (Phi) is 5.97. The molecule has 32 heavy (non-hydrogen) atoms. The molecule has 12 heteroatoms. The molecular formula is C20H22ClN5O5S. The number of aromatic amines is 1. The lowest BCUT2D eigenvalue weighted by Gasteiger charge is -2.33. The number of carbonyl (C=O) groups is 1. The highest BCUT2D eigenvalue weighted by atomic mass is 35.5. The van der Waals surface area contributed by atoms with Crippen LogP contribution in [0, 0.1) is 6.92 Å². The van der Waals surface area contributed by atoms with E-state index >= 15 is 0 Å². The van der Waals surface area contributed by atoms with Gasteiger partial charge in [0.2, 0.25) is 10.0 Å². The number of H-pyrrole nitrogens is 1. The van der Waals surface area contributed by atoms with Crippen LogP contribution in [0.25, 0.3) is 11.2 Å². The van der Waals surface area contributed by atoms with Crippen LogP contribution in [-0.4, -0.2) is 59.8 Å². The number of aryl methyl sites for hydroxylation is 1. The van der Waals surface area contributed by atoms with E-state index in [2.05, 4.69) is 19.7 Å². The second-order valence-electron chi connectivity index (χ2n) is 7.74. The molecule has 0 amide bonds. The van der Waals surface area contributed by atoms with E-state index in [0.29, 0.717) is 59.2 Å². The van der Waals surface area contributed by atoms with Crippen LogP contribution < -0.4 is 14.4 Å². The molecular weight excluding hydrogens is 458 g/mol. The van der Waals surface area contributed by atoms with E-state index in [1.165, 1.54) is 6.07 Å². The SMILES string of the molecule is Cc1ccc(Oc2nc3nc(N4CCC(NS(C)(=O)=O)CC4)c(Cl)cc3[nH]2)cc1C(=O)O. The summed E-state index contributed by atoms with van der Waals surface area (Å²) in [5.41, 5.74) is 1.76. The molecule has 3 N–H and O–H groups in total. The molecule has 4 rings (SSSR count). The number of fused-ring (bicyclic) bond motifs is 1. The molecule has 0 saturated carbocycles. The van der Waals surface area contributed by atoms with Crippen molar-refractivity contribution < 1.29 is 23.1 Å². The van der Waals surface area contributed by atoms with Crippen molar-refractivity contribution in [2.75, 3.05) is 24.2 Å². The lowest BCUT2D eigenvalue weighted by atomic mass is 10.1. The van der Waals surface area contributed by atoms with Crippen molar-refractivity contribution in [3.8, 4) is 11.8 Å². The van der Waals surface area contributed by atoms with Gasteiger partial charge in [0.05, 0.1) is 22.4 Å². The summed E-state index contributed by atoms with van der Waals surface area (Å²) in [5.74, 6) is -0.136. The Bertz CT molecular complexity index is 1290. The number of carboxylic acid groups (broad SMARTS) is 1. The number of aromatic carboxylic acids is 1. The fourth-order valence-electron chi connectivity index (χ4n) is 3.67. The molecule has 0 spiro atoms. The van der Waals surface area contributed by atoms with Crippen LogP contribution in [0.1, 0.15) is 28.8 Å². The van der Waals surface area contributed by atoms with E-state index in [-0.39, 0.29) is 17.6 Å². The second kappa shape index (κ2) is 8.57. The van der Waals surface area contributed by atoms with Crippen molar-refractivity contribution in [3.63, 3.8) is 0 Å². The summed E-state index contributed by atoms with van der Waals surface area (Å²) in [6, 6.07) is 6.52. The van der Waals surface area contributed by atoms with Crippen LogP contribution in [0.5, 0.6) is 11.8 Å². The van der Waals surface area contributed by atoms with E-state index in [1.807, 2.05) is 4.90 Å². The summed E-state index contributed by atoms with van der Waals surface area (Å²) in [5, 5.41) is 9.72. The van der Waals surface area contributed by atoms with E-state index in [0.717, 1.165) is 6.26 Å². The van der Waals surface area contributed by atoms with Crippen molar-refractivity contribution in [1.29, 1.82) is 0 Å². The van der Waals surface area contributed by atoms with Gasteiger partial charge in [0.15, 0.2) is 5.65 Å². The van der Waals surface area contributed by atoms with E-state index in [9.17, 15) is 18.3 Å². The first-order valence-electron chi connectivity index (χ1n) is 9.89. The van der Waals surface area contributed by atoms with Crippen LogP contribution >= 0.6 is 11.6 Å². The topological polar surface area (TPSA) is 138 Å². The first-order valence-corrected chi connectivity index (χ1v) is 12.2. The number of nitrogens with zero attached hydrogens (tertiary/aromatic N) is 3. The molecule has 170 valence electrons. The Morgan fingerprint density at radius 2 is 2.00 bits per heavy atom. The van der Waals surface area contributed by atoms with Crippen molar-refractivity contribution >= 4 is 44.6 Å². The predicted molar refractivity (Wildman–Crippen MR) is 120 cm³/mol. The summed E-state index contributed by atoms with van der Waals surface area (Å²) in [6.45, 7) is 2.91. The number of rotatable bonds is 6. The highest BCUT2D eigenvalue weighted by Crippen LogP contribution is 2.31. The Hall–Kier alpha value is -2.89. The van der Waals surface area contributed by atoms with Gasteiger partial charge in [0, 0.05) is 19.1 Å². The number of ether oxygens (including phenoxy) is 1. The number of pyridine rings is 1. The smallest absolute Gasteiger partial charge is 0.336 e. The number of hydrogen-bond acceptors (Lipinski definition) is 7. The number of benzene rings is 1. The van der Waals surface area contributed by atoms with Crippen LogP contribution in [0.3, 0.4) is 0 Å². The minimum Gasteiger partial charge on any atom is -0.478 e. The van der Waals surface area contributed by atoms with Crippen molar-refractivity contribution in [2.45, 2.75) is 25.8 Å². The van der Waals surface area contributed by atoms with Gasteiger partial charge in [-0.15, -0.1) is 0 Å². The fraction of sp³-hybridized carbons (Fsp3) is 0.350. The molecule has 0 aliphatic carbocycles. The molecule has 10 nitrogen and oxygen atoms in total. The van der Waals surface area contributed by atoms with Gasteiger partial charge < -0.3 is 19.7 Å². The summed E-state index contributed by atoms with van der Waals surface area (Å²) < 4.78 is 31.2. The first-order chi connectivity index (χ1) is 15.1. The van der Waals surface area contributed by atoms with E-state index in [1.54, 1.807) is 25.1 Å². The number of piperidine rings is 1. The molecule has 3 heterocycles. The van der Waals surface area contributed by atoms with Gasteiger partial charge in [-0.1, -0.05) is 17.7 Å². The number of halogens is 1. The third-order valence-electron chi connectivity index (χ3n) is 5.22. The van der Waals surface area contributed by atoms with Crippen LogP contribution in [0.4, 0.5) is 5.82 Å². The van der Waals surface area contributed by atoms with Crippen molar-refractivity contribution in [1.82, 2.24) is 19.7 Å². The minimum atomic E-state index is -3.25. The molecule has 1 aliphatic rings. The molecule has 1 aliphatic heterocycles. The number of imidazole rings is 1. The molecule has 3 aromatic rings. The monoisotopic (exact) mass is 479 g/mol. The summed E-state index contributed by atoms with van der Waals surface area (Å²) >= 11 is 6.45. The van der Waals surface area contributed by atoms with Crippen molar-refractivity contribution in [3.05, 3.63) is 40.4 Å². The molecule has 0 unspecified atom stereocenters. The van der Waals surface area contributed by atoms with Gasteiger partial charge in [-0.2, -0.15) is 4.98 Å². The zero-order chi connectivity index (χ0) is 23.0. The lowest BCUT2D eigenvalue weighted by Crippen LogP contribution is -2.44. The number of hydrogen-bond donors (Lipinski definition) is 3. The maximum atomic E-state index is 11.4. The molecule has 1 aromatic carbocycles. The Morgan fingerprint density at radius 1 is 1.28 bits per heavy atom. The number of nitrogens with one attached hydrogen (secondary N) is 2. The summed E-state index contributed by atoms with van der Waals surface area (Å²) in [7, 11) is -3.25. The zero-order valence-electron chi connectivity index (χ0n) is 17.4. The third-order valence-corrected chi connectivity index (χ3v) is 6.26. The van der Waals surface area contributed by atoms with E-state index < -0.39 is 16.0 Å². The fourth-order valence-corrected chi connectivity index (χ4v) is 4.79. The molecule has 0 bridgehead atoms. The largest absolute Gasteiger partial charge is 0.478 e. The van der Waals surface area contributed by atoms with Gasteiger partial charge in [0.25, 0.3) is 0 Å². The van der Waals surface area contributed by atoms with Gasteiger partial charge in [-0.3, -0.25) is 0 Å². The Morgan fingerprint density at radius 3 is 2.66 bits per heavy atom. The van der Waals surface area contributed by atoms with Gasteiger partial charge in [-0.05, 0) is 43.5 Å². The maximum absolute atomic E-state index is 11.4. The predicted octanol–water partition coefficient (Wildman–Crippen LogP) is 2.93. The standard InChI is InChI=1S/C20H22ClN5O5S/c1-11-3-4-13(9-14(11)19(27)28)31-20-22-16-10-15(21)18(23-17(16)24-20)26-7-5-12(6-8-26)25-32(2,29)30/h3-4,9-10,12,25H,5-8H2,1-2H3,(H,27,28)(H,22,23,24). The number of sulfonamides is 1. The second-order valence-corrected chi connectivity index (χ2v) is 9.93. The van der Waals surface area contributed by atoms with Gasteiger partial charge in [-0.25, -0.2) is 22.9 Å². The van der Waals surface area contributed by atoms with Crippen LogP contribution in [-0.2, 0) is 10.0 Å². The third kappa shape index (κ3) is 4.95. The molecule has 0 atom stereocenters. The quantitative estimate of drug-likeness (QED) is 0.490. The van der Waals surface area contributed by atoms with Gasteiger partial charge in [0.1, 0.15) is 11.6 Å². The average Bonchev–Trinajstić information content (AvgIpc) is 3.09. The number of carboxylic acids is 1. The van der Waals surface area contributed by atoms with Gasteiger partial charge >= 0.3 is 12.0 Å². The molecule has 1 fully saturated rings. The number of anilines is 1. The molecule has 2 aromatic heterocycles. The normalized spacial score (nSPS) is 15.3. The number of aromatic nitrogens is 3. The lowest BCUT2D eigenvalue weighted by molar-refractivity contribution is 0.0695. The van der Waals surface area contributed by atoms with Crippen LogP contribution in [0.2, 0.25) is 5.02 Å². The molecule has 0 radical (unpaired) electrons. The average molecular weight is 480 g/mol. The summed E-state index contributed by atoms with van der Waals surface area (Å²) in [4.78, 5) is 25.2. The Labute approximate surface area is 189 Å². The minimum absolute atomic E-state index is 0.112. The van der Waals surface area contributed by atoms with E-state index in [4.69, 9.17) is 16.3 Å². The zero-order valence-corrected chi connectivity index (χ0v) is 19.0. The highest BCUT2D eigenvalue weighted by molar-refractivity contribution is 7.88. The highest BCUT2D eigenvalue weighted by Gasteiger charge is 2.24. The van der Waals surface area contributed by atoms with Crippen LogP contribution in [0.15, 0.2) is 24.3 Å². The summed E-state index contributed by atoms with van der Waals surface area (Å²) in [6.07, 6.45) is 2.43. The first kappa shape index (κ1) is 22.3. The molecule has 1 saturated heterocycles. The van der Waals surface area contributed by atoms with Crippen molar-refractivity contribution in [2.24, 2.45) is 0 Å². The Balaban J connectivity index is 1.53. The maximum Gasteiger partial charge on any atom is 0.336 e.